The summed E-state index contributed by atoms with van der Waals surface area (Å²) in [5.74, 6) is -1.97. The summed E-state index contributed by atoms with van der Waals surface area (Å²) in [6.45, 7) is 1.10. The van der Waals surface area contributed by atoms with Gasteiger partial charge in [0.1, 0.15) is 0 Å². The molecule has 6 heteroatoms. The number of rotatable bonds is 6. The van der Waals surface area contributed by atoms with Crippen molar-refractivity contribution in [3.8, 4) is 0 Å². The highest BCUT2D eigenvalue weighted by molar-refractivity contribution is 5.86. The first-order valence-corrected chi connectivity index (χ1v) is 8.31. The van der Waals surface area contributed by atoms with E-state index in [-0.39, 0.29) is 19.1 Å². The van der Waals surface area contributed by atoms with Gasteiger partial charge in [0.05, 0.1) is 25.7 Å². The topological polar surface area (TPSA) is 84.9 Å². The van der Waals surface area contributed by atoms with Gasteiger partial charge in [-0.3, -0.25) is 9.59 Å². The lowest BCUT2D eigenvalue weighted by Crippen LogP contribution is -2.45. The second-order valence-electron chi connectivity index (χ2n) is 6.06. The van der Waals surface area contributed by atoms with E-state index in [0.717, 1.165) is 16.3 Å². The maximum atomic E-state index is 12.1. The first-order chi connectivity index (χ1) is 12.1. The summed E-state index contributed by atoms with van der Waals surface area (Å²) >= 11 is 0. The summed E-state index contributed by atoms with van der Waals surface area (Å²) in [5, 5.41) is 14.3. The van der Waals surface area contributed by atoms with Crippen molar-refractivity contribution in [2.45, 2.75) is 12.5 Å². The van der Waals surface area contributed by atoms with Crippen LogP contribution in [0.15, 0.2) is 42.5 Å². The van der Waals surface area contributed by atoms with Crippen LogP contribution in [0.25, 0.3) is 10.8 Å². The van der Waals surface area contributed by atoms with E-state index in [4.69, 9.17) is 9.47 Å². The molecule has 2 aromatic carbocycles. The van der Waals surface area contributed by atoms with Crippen LogP contribution in [0.4, 0.5) is 0 Å². The van der Waals surface area contributed by atoms with Crippen molar-refractivity contribution >= 4 is 22.6 Å². The monoisotopic (exact) mass is 343 g/mol. The van der Waals surface area contributed by atoms with Crippen molar-refractivity contribution in [2.75, 3.05) is 26.4 Å². The molecule has 1 heterocycles. The number of carboxylic acids is 1. The van der Waals surface area contributed by atoms with E-state index in [9.17, 15) is 14.7 Å². The molecule has 0 bridgehead atoms. The molecule has 132 valence electrons. The zero-order valence-corrected chi connectivity index (χ0v) is 13.8. The van der Waals surface area contributed by atoms with E-state index in [1.54, 1.807) is 0 Å². The summed E-state index contributed by atoms with van der Waals surface area (Å²) in [6.07, 6.45) is -0.320. The highest BCUT2D eigenvalue weighted by Gasteiger charge is 2.25. The smallest absolute Gasteiger partial charge is 0.308 e. The van der Waals surface area contributed by atoms with Crippen LogP contribution in [-0.2, 0) is 25.5 Å². The highest BCUT2D eigenvalue weighted by Crippen LogP contribution is 2.21. The number of carbonyl (C=O) groups is 2. The number of ether oxygens (including phenoxy) is 2. The fraction of sp³-hybridized carbons (Fsp3) is 0.368. The van der Waals surface area contributed by atoms with Gasteiger partial charge in [0.25, 0.3) is 5.91 Å². The molecule has 2 aromatic rings. The number of benzene rings is 2. The molecule has 2 atom stereocenters. The second kappa shape index (κ2) is 8.09. The molecule has 1 aliphatic heterocycles. The SMILES string of the molecule is O=C(O)C(CNC(=O)C1COCCO1)Cc1cccc2ccccc12. The zero-order chi connectivity index (χ0) is 17.6. The van der Waals surface area contributed by atoms with E-state index in [1.807, 2.05) is 42.5 Å². The van der Waals surface area contributed by atoms with Gasteiger partial charge in [0.2, 0.25) is 0 Å². The third kappa shape index (κ3) is 4.35. The molecule has 1 aliphatic rings. The van der Waals surface area contributed by atoms with E-state index in [2.05, 4.69) is 5.32 Å². The molecular weight excluding hydrogens is 322 g/mol. The molecule has 2 N–H and O–H groups in total. The number of carboxylic acid groups (broad SMARTS) is 1. The quantitative estimate of drug-likeness (QED) is 0.832. The number of amides is 1. The Morgan fingerprint density at radius 3 is 2.72 bits per heavy atom. The van der Waals surface area contributed by atoms with Crippen LogP contribution < -0.4 is 5.32 Å². The van der Waals surface area contributed by atoms with Gasteiger partial charge in [0, 0.05) is 6.54 Å². The third-order valence-electron chi connectivity index (χ3n) is 4.33. The Labute approximate surface area is 145 Å². The second-order valence-corrected chi connectivity index (χ2v) is 6.06. The van der Waals surface area contributed by atoms with Gasteiger partial charge >= 0.3 is 5.97 Å². The van der Waals surface area contributed by atoms with Gasteiger partial charge < -0.3 is 19.9 Å². The summed E-state index contributed by atoms with van der Waals surface area (Å²) in [5.41, 5.74) is 0.956. The summed E-state index contributed by atoms with van der Waals surface area (Å²) in [6, 6.07) is 13.7. The predicted molar refractivity (Wildman–Crippen MR) is 92.3 cm³/mol. The number of hydrogen-bond donors (Lipinski definition) is 2. The lowest BCUT2D eigenvalue weighted by molar-refractivity contribution is -0.148. The Morgan fingerprint density at radius 1 is 1.16 bits per heavy atom. The molecule has 6 nitrogen and oxygen atoms in total. The van der Waals surface area contributed by atoms with Crippen molar-refractivity contribution in [1.29, 1.82) is 0 Å². The maximum Gasteiger partial charge on any atom is 0.308 e. The number of carbonyl (C=O) groups excluding carboxylic acids is 1. The summed E-state index contributed by atoms with van der Waals surface area (Å²) in [7, 11) is 0. The van der Waals surface area contributed by atoms with Crippen molar-refractivity contribution in [3.05, 3.63) is 48.0 Å². The van der Waals surface area contributed by atoms with Gasteiger partial charge in [-0.05, 0) is 22.8 Å². The van der Waals surface area contributed by atoms with Gasteiger partial charge in [-0.2, -0.15) is 0 Å². The molecule has 25 heavy (non-hydrogen) atoms. The van der Waals surface area contributed by atoms with E-state index in [1.165, 1.54) is 0 Å². The maximum absolute atomic E-state index is 12.1. The molecule has 0 aliphatic carbocycles. The average molecular weight is 343 g/mol. The Morgan fingerprint density at radius 2 is 1.96 bits per heavy atom. The van der Waals surface area contributed by atoms with Crippen LogP contribution in [-0.4, -0.2) is 49.5 Å². The fourth-order valence-corrected chi connectivity index (χ4v) is 2.96. The molecule has 0 aromatic heterocycles. The Hall–Kier alpha value is -2.44. The Bertz CT molecular complexity index is 749. The number of aliphatic carboxylic acids is 1. The van der Waals surface area contributed by atoms with Crippen LogP contribution in [0, 0.1) is 5.92 Å². The van der Waals surface area contributed by atoms with Gasteiger partial charge in [0.15, 0.2) is 6.10 Å². The minimum atomic E-state index is -0.936. The lowest BCUT2D eigenvalue weighted by Gasteiger charge is -2.23. The summed E-state index contributed by atoms with van der Waals surface area (Å²) in [4.78, 5) is 23.7. The summed E-state index contributed by atoms with van der Waals surface area (Å²) < 4.78 is 10.5. The number of nitrogens with one attached hydrogen (secondary N) is 1. The van der Waals surface area contributed by atoms with Gasteiger partial charge in [-0.15, -0.1) is 0 Å². The van der Waals surface area contributed by atoms with Crippen molar-refractivity contribution in [3.63, 3.8) is 0 Å². The molecule has 2 unspecified atom stereocenters. The largest absolute Gasteiger partial charge is 0.481 e. The van der Waals surface area contributed by atoms with Crippen molar-refractivity contribution in [1.82, 2.24) is 5.32 Å². The molecule has 1 amide bonds. The third-order valence-corrected chi connectivity index (χ3v) is 4.33. The van der Waals surface area contributed by atoms with Gasteiger partial charge in [-0.25, -0.2) is 0 Å². The average Bonchev–Trinajstić information content (AvgIpc) is 2.65. The normalized spacial score (nSPS) is 18.6. The molecule has 1 fully saturated rings. The van der Waals surface area contributed by atoms with Crippen LogP contribution in [0.3, 0.4) is 0 Å². The number of hydrogen-bond acceptors (Lipinski definition) is 4. The first kappa shape index (κ1) is 17.4. The van der Waals surface area contributed by atoms with Crippen LogP contribution in [0.1, 0.15) is 5.56 Å². The Balaban J connectivity index is 1.67. The van der Waals surface area contributed by atoms with Gasteiger partial charge in [-0.1, -0.05) is 42.5 Å². The first-order valence-electron chi connectivity index (χ1n) is 8.31. The lowest BCUT2D eigenvalue weighted by atomic mass is 9.94. The molecule has 3 rings (SSSR count). The predicted octanol–water partition coefficient (Wildman–Crippen LogP) is 1.61. The van der Waals surface area contributed by atoms with E-state index >= 15 is 0 Å². The highest BCUT2D eigenvalue weighted by atomic mass is 16.6. The number of fused-ring (bicyclic) bond motifs is 1. The standard InChI is InChI=1S/C19H21NO5/c21-18(17-12-24-8-9-25-17)20-11-15(19(22)23)10-14-6-3-5-13-4-1-2-7-16(13)14/h1-7,15,17H,8-12H2,(H,20,21)(H,22,23). The minimum Gasteiger partial charge on any atom is -0.481 e. The Kier molecular flexibility index (Phi) is 5.63. The van der Waals surface area contributed by atoms with E-state index in [0.29, 0.717) is 19.6 Å². The fourth-order valence-electron chi connectivity index (χ4n) is 2.96. The molecule has 0 saturated carbocycles. The van der Waals surface area contributed by atoms with Crippen LogP contribution in [0.2, 0.25) is 0 Å². The van der Waals surface area contributed by atoms with E-state index < -0.39 is 18.0 Å². The van der Waals surface area contributed by atoms with Crippen LogP contribution >= 0.6 is 0 Å². The van der Waals surface area contributed by atoms with Crippen molar-refractivity contribution in [2.24, 2.45) is 5.92 Å². The zero-order valence-electron chi connectivity index (χ0n) is 13.8. The van der Waals surface area contributed by atoms with Crippen LogP contribution in [0.5, 0.6) is 0 Å². The molecule has 0 radical (unpaired) electrons. The van der Waals surface area contributed by atoms with Crippen molar-refractivity contribution < 1.29 is 24.2 Å². The molecule has 0 spiro atoms. The minimum absolute atomic E-state index is 0.0528. The molecular formula is C19H21NO5. The molecule has 1 saturated heterocycles.